The minimum absolute atomic E-state index is 0.202. The molecule has 2 heterocycles. The molecule has 0 atom stereocenters. The molecule has 1 aliphatic rings. The molecule has 6 rings (SSSR count). The smallest absolute Gasteiger partial charge is 0.256 e. The molecular weight excluding hydrogens is 490 g/mol. The van der Waals surface area contributed by atoms with Gasteiger partial charge in [0.1, 0.15) is 23.0 Å². The molecule has 0 aliphatic carbocycles. The molecule has 1 amide bonds. The van der Waals surface area contributed by atoms with Crippen molar-refractivity contribution in [3.05, 3.63) is 103 Å². The number of likely N-dealkylation sites (N-methyl/N-ethyl adjacent to an activating group) is 1. The number of H-pyrrole nitrogens is 1. The van der Waals surface area contributed by atoms with Crippen molar-refractivity contribution in [3.63, 3.8) is 0 Å². The zero-order valence-electron chi connectivity index (χ0n) is 21.6. The summed E-state index contributed by atoms with van der Waals surface area (Å²) in [7, 11) is 2.14. The molecule has 1 fully saturated rings. The van der Waals surface area contributed by atoms with E-state index in [0.717, 1.165) is 54.3 Å². The van der Waals surface area contributed by atoms with Gasteiger partial charge in [0.25, 0.3) is 5.91 Å². The van der Waals surface area contributed by atoms with Gasteiger partial charge in [0, 0.05) is 48.9 Å². The van der Waals surface area contributed by atoms with E-state index in [2.05, 4.69) is 32.4 Å². The van der Waals surface area contributed by atoms with Gasteiger partial charge in [0.15, 0.2) is 5.82 Å². The van der Waals surface area contributed by atoms with Gasteiger partial charge in [-0.2, -0.15) is 5.10 Å². The minimum Gasteiger partial charge on any atom is -0.457 e. The Morgan fingerprint density at radius 1 is 0.769 bits per heavy atom. The van der Waals surface area contributed by atoms with Crippen LogP contribution >= 0.6 is 0 Å². The van der Waals surface area contributed by atoms with Gasteiger partial charge < -0.3 is 24.6 Å². The van der Waals surface area contributed by atoms with Crippen LogP contribution in [0.1, 0.15) is 10.4 Å². The van der Waals surface area contributed by atoms with Crippen LogP contribution in [-0.2, 0) is 0 Å². The van der Waals surface area contributed by atoms with Crippen molar-refractivity contribution in [1.29, 1.82) is 0 Å². The molecule has 0 spiro atoms. The highest BCUT2D eigenvalue weighted by molar-refractivity contribution is 6.08. The van der Waals surface area contributed by atoms with Crippen LogP contribution in [-0.4, -0.2) is 54.2 Å². The van der Waals surface area contributed by atoms with Crippen molar-refractivity contribution < 1.29 is 14.3 Å². The summed E-state index contributed by atoms with van der Waals surface area (Å²) < 4.78 is 11.9. The Labute approximate surface area is 226 Å². The third-order valence-corrected chi connectivity index (χ3v) is 6.80. The molecule has 2 N–H and O–H groups in total. The molecule has 5 aromatic rings. The Hall–Kier alpha value is -4.82. The van der Waals surface area contributed by atoms with Crippen molar-refractivity contribution in [2.75, 3.05) is 43.4 Å². The molecule has 0 unspecified atom stereocenters. The van der Waals surface area contributed by atoms with Gasteiger partial charge in [-0.15, -0.1) is 0 Å². The number of piperazine rings is 1. The normalized spacial score (nSPS) is 13.8. The zero-order valence-corrected chi connectivity index (χ0v) is 21.6. The second kappa shape index (κ2) is 10.9. The summed E-state index contributed by atoms with van der Waals surface area (Å²) in [5.41, 5.74) is 2.48. The van der Waals surface area contributed by atoms with Crippen LogP contribution in [0.5, 0.6) is 23.0 Å². The number of nitrogens with one attached hydrogen (secondary N) is 2. The second-order valence-corrected chi connectivity index (χ2v) is 9.56. The summed E-state index contributed by atoms with van der Waals surface area (Å²) >= 11 is 0. The van der Waals surface area contributed by atoms with Crippen LogP contribution in [0, 0.1) is 0 Å². The van der Waals surface area contributed by atoms with Crippen LogP contribution in [0.4, 0.5) is 11.5 Å². The van der Waals surface area contributed by atoms with E-state index in [1.807, 2.05) is 97.1 Å². The molecule has 1 aliphatic heterocycles. The number of aromatic amines is 1. The van der Waals surface area contributed by atoms with Crippen molar-refractivity contribution in [1.82, 2.24) is 15.1 Å². The molecule has 39 heavy (non-hydrogen) atoms. The Morgan fingerprint density at radius 3 is 2.08 bits per heavy atom. The highest BCUT2D eigenvalue weighted by atomic mass is 16.5. The third kappa shape index (κ3) is 5.71. The molecular formula is C31H29N5O3. The maximum atomic E-state index is 12.9. The van der Waals surface area contributed by atoms with E-state index in [4.69, 9.17) is 9.47 Å². The predicted octanol–water partition coefficient (Wildman–Crippen LogP) is 6.15. The first-order valence-electron chi connectivity index (χ1n) is 12.9. The minimum atomic E-state index is -0.202. The van der Waals surface area contributed by atoms with E-state index in [0.29, 0.717) is 22.9 Å². The van der Waals surface area contributed by atoms with E-state index in [1.165, 1.54) is 0 Å². The Morgan fingerprint density at radius 2 is 1.38 bits per heavy atom. The quantitative estimate of drug-likeness (QED) is 0.268. The monoisotopic (exact) mass is 519 g/mol. The van der Waals surface area contributed by atoms with Crippen LogP contribution in [0.2, 0.25) is 0 Å². The molecule has 8 heteroatoms. The lowest BCUT2D eigenvalue weighted by Crippen LogP contribution is -2.44. The fourth-order valence-corrected chi connectivity index (χ4v) is 4.56. The Balaban J connectivity index is 1.09. The summed E-state index contributed by atoms with van der Waals surface area (Å²) in [6.45, 7) is 4.05. The number of benzene rings is 4. The predicted molar refractivity (Wildman–Crippen MR) is 153 cm³/mol. The maximum absolute atomic E-state index is 12.9. The summed E-state index contributed by atoms with van der Waals surface area (Å²) in [5, 5.41) is 11.0. The van der Waals surface area contributed by atoms with Gasteiger partial charge in [-0.1, -0.05) is 18.2 Å². The molecule has 0 bridgehead atoms. The van der Waals surface area contributed by atoms with Crippen LogP contribution in [0.15, 0.2) is 97.1 Å². The van der Waals surface area contributed by atoms with Gasteiger partial charge in [0.05, 0.1) is 5.52 Å². The zero-order chi connectivity index (χ0) is 26.6. The number of carbonyl (C=O) groups is 1. The molecule has 196 valence electrons. The lowest BCUT2D eigenvalue weighted by atomic mass is 10.1. The Kier molecular flexibility index (Phi) is 6.84. The number of aromatic nitrogens is 2. The highest BCUT2D eigenvalue weighted by Crippen LogP contribution is 2.30. The molecule has 0 saturated carbocycles. The summed E-state index contributed by atoms with van der Waals surface area (Å²) in [6.07, 6.45) is 0. The van der Waals surface area contributed by atoms with Crippen LogP contribution in [0.25, 0.3) is 10.9 Å². The first kappa shape index (κ1) is 24.5. The van der Waals surface area contributed by atoms with Gasteiger partial charge >= 0.3 is 0 Å². The van der Waals surface area contributed by atoms with E-state index in [9.17, 15) is 4.79 Å². The average molecular weight is 520 g/mol. The maximum Gasteiger partial charge on any atom is 0.256 e. The lowest BCUT2D eigenvalue weighted by Gasteiger charge is -2.34. The number of amides is 1. The fourth-order valence-electron chi connectivity index (χ4n) is 4.56. The largest absolute Gasteiger partial charge is 0.457 e. The number of rotatable bonds is 7. The third-order valence-electron chi connectivity index (χ3n) is 6.80. The number of hydrogen-bond acceptors (Lipinski definition) is 6. The fraction of sp³-hybridized carbons (Fsp3) is 0.161. The lowest BCUT2D eigenvalue weighted by molar-refractivity contribution is 0.102. The van der Waals surface area contributed by atoms with Crippen molar-refractivity contribution in [2.24, 2.45) is 0 Å². The van der Waals surface area contributed by atoms with E-state index in [1.54, 1.807) is 0 Å². The number of anilines is 2. The van der Waals surface area contributed by atoms with Gasteiger partial charge in [-0.05, 0) is 79.8 Å². The first-order chi connectivity index (χ1) is 19.1. The molecule has 4 aromatic carbocycles. The molecule has 0 radical (unpaired) electrons. The number of para-hydroxylation sites is 1. The SMILES string of the molecule is CN1CCN(c2ccc(C(=O)Nc3n[nH]c4cc(Oc5ccc(Oc6ccccc6)cc5)ccc34)cc2)CC1. The number of hydrogen-bond donors (Lipinski definition) is 2. The Bertz CT molecular complexity index is 1560. The molecule has 1 aromatic heterocycles. The molecule has 8 nitrogen and oxygen atoms in total. The van der Waals surface area contributed by atoms with E-state index in [-0.39, 0.29) is 5.91 Å². The number of nitrogens with zero attached hydrogens (tertiary/aromatic N) is 3. The van der Waals surface area contributed by atoms with Gasteiger partial charge in [-0.25, -0.2) is 0 Å². The summed E-state index contributed by atoms with van der Waals surface area (Å²) in [4.78, 5) is 17.6. The summed E-state index contributed by atoms with van der Waals surface area (Å²) in [6, 6.07) is 30.4. The topological polar surface area (TPSA) is 82.7 Å². The number of fused-ring (bicyclic) bond motifs is 1. The van der Waals surface area contributed by atoms with Crippen LogP contribution in [0.3, 0.4) is 0 Å². The van der Waals surface area contributed by atoms with Crippen molar-refractivity contribution in [3.8, 4) is 23.0 Å². The van der Waals surface area contributed by atoms with Crippen LogP contribution < -0.4 is 19.7 Å². The standard InChI is InChI=1S/C31H29N5O3/c1-35-17-19-36(20-18-35)23-9-7-22(8-10-23)31(37)32-30-28-16-15-27(21-29(28)33-34-30)39-26-13-11-25(12-14-26)38-24-5-3-2-4-6-24/h2-16,21H,17-20H2,1H3,(H2,32,33,34,37). The second-order valence-electron chi connectivity index (χ2n) is 9.56. The van der Waals surface area contributed by atoms with Gasteiger partial charge in [0.2, 0.25) is 0 Å². The van der Waals surface area contributed by atoms with Gasteiger partial charge in [-0.3, -0.25) is 9.89 Å². The molecule has 1 saturated heterocycles. The highest BCUT2D eigenvalue weighted by Gasteiger charge is 2.16. The van der Waals surface area contributed by atoms with E-state index >= 15 is 0 Å². The van der Waals surface area contributed by atoms with Crippen molar-refractivity contribution in [2.45, 2.75) is 0 Å². The number of ether oxygens (including phenoxy) is 2. The first-order valence-corrected chi connectivity index (χ1v) is 12.9. The summed E-state index contributed by atoms with van der Waals surface area (Å²) in [5.74, 6) is 3.12. The number of carbonyl (C=O) groups excluding carboxylic acids is 1. The average Bonchev–Trinajstić information content (AvgIpc) is 3.37. The van der Waals surface area contributed by atoms with Crippen molar-refractivity contribution >= 4 is 28.3 Å². The van der Waals surface area contributed by atoms with E-state index < -0.39 is 0 Å².